The van der Waals surface area contributed by atoms with E-state index in [4.69, 9.17) is 15.6 Å². The Labute approximate surface area is 106 Å². The van der Waals surface area contributed by atoms with Crippen molar-refractivity contribution < 1.29 is 19.4 Å². The minimum absolute atomic E-state index is 0.0232. The van der Waals surface area contributed by atoms with Crippen LogP contribution < -0.4 is 10.5 Å². The number of benzene rings is 1. The number of aliphatic hydroxyl groups is 1. The first-order chi connectivity index (χ1) is 8.63. The number of ketones is 1. The van der Waals surface area contributed by atoms with E-state index >= 15 is 0 Å². The molecule has 0 aliphatic heterocycles. The van der Waals surface area contributed by atoms with Crippen LogP contribution in [0.3, 0.4) is 0 Å². The van der Waals surface area contributed by atoms with Crippen LogP contribution in [0.5, 0.6) is 5.75 Å². The van der Waals surface area contributed by atoms with Crippen LogP contribution in [0.2, 0.25) is 0 Å². The molecule has 0 aliphatic rings. The molecule has 0 fully saturated rings. The van der Waals surface area contributed by atoms with Gasteiger partial charge in [0, 0.05) is 18.4 Å². The number of aliphatic hydroxyl groups excluding tert-OH is 1. The van der Waals surface area contributed by atoms with Gasteiger partial charge < -0.3 is 15.6 Å². The van der Waals surface area contributed by atoms with Gasteiger partial charge in [0.2, 0.25) is 5.91 Å². The van der Waals surface area contributed by atoms with Crippen LogP contribution in [-0.2, 0) is 4.79 Å². The number of rotatable bonds is 8. The summed E-state index contributed by atoms with van der Waals surface area (Å²) in [6, 6.07) is 6.69. The average molecular weight is 251 g/mol. The van der Waals surface area contributed by atoms with E-state index in [0.29, 0.717) is 24.2 Å². The quantitative estimate of drug-likeness (QED) is 0.671. The number of ether oxygens (including phenoxy) is 1. The van der Waals surface area contributed by atoms with Crippen LogP contribution in [0.4, 0.5) is 0 Å². The van der Waals surface area contributed by atoms with E-state index in [1.54, 1.807) is 24.3 Å². The van der Waals surface area contributed by atoms with Crippen molar-refractivity contribution in [2.75, 3.05) is 13.2 Å². The lowest BCUT2D eigenvalue weighted by molar-refractivity contribution is -0.118. The van der Waals surface area contributed by atoms with Gasteiger partial charge in [-0.3, -0.25) is 9.59 Å². The monoisotopic (exact) mass is 251 g/mol. The van der Waals surface area contributed by atoms with E-state index in [1.165, 1.54) is 0 Å². The van der Waals surface area contributed by atoms with Crippen LogP contribution in [0, 0.1) is 0 Å². The Kier molecular flexibility index (Phi) is 5.87. The van der Waals surface area contributed by atoms with Gasteiger partial charge in [-0.2, -0.15) is 0 Å². The minimum Gasteiger partial charge on any atom is -0.491 e. The molecule has 18 heavy (non-hydrogen) atoms. The van der Waals surface area contributed by atoms with Gasteiger partial charge in [-0.05, 0) is 30.7 Å². The first kappa shape index (κ1) is 14.2. The van der Waals surface area contributed by atoms with Gasteiger partial charge >= 0.3 is 0 Å². The normalized spacial score (nSPS) is 10.1. The Morgan fingerprint density at radius 1 is 1.17 bits per heavy atom. The number of nitrogens with two attached hydrogens (primary N) is 1. The van der Waals surface area contributed by atoms with Gasteiger partial charge in [-0.15, -0.1) is 0 Å². The van der Waals surface area contributed by atoms with Crippen LogP contribution >= 0.6 is 0 Å². The van der Waals surface area contributed by atoms with E-state index < -0.39 is 5.91 Å². The predicted octanol–water partition coefficient (Wildman–Crippen LogP) is 0.896. The Morgan fingerprint density at radius 2 is 1.83 bits per heavy atom. The number of hydrogen-bond donors (Lipinski definition) is 2. The van der Waals surface area contributed by atoms with Gasteiger partial charge in [0.25, 0.3) is 0 Å². The first-order valence-electron chi connectivity index (χ1n) is 5.78. The predicted molar refractivity (Wildman–Crippen MR) is 66.4 cm³/mol. The van der Waals surface area contributed by atoms with Crippen molar-refractivity contribution in [3.63, 3.8) is 0 Å². The number of primary amides is 1. The van der Waals surface area contributed by atoms with Crippen molar-refractivity contribution in [1.29, 1.82) is 0 Å². The first-order valence-corrected chi connectivity index (χ1v) is 5.78. The second kappa shape index (κ2) is 7.45. The molecular weight excluding hydrogens is 234 g/mol. The van der Waals surface area contributed by atoms with Crippen LogP contribution in [-0.4, -0.2) is 30.0 Å². The van der Waals surface area contributed by atoms with Crippen LogP contribution in [0.1, 0.15) is 29.6 Å². The minimum atomic E-state index is -0.393. The standard InChI is InChI=1S/C13H17NO4/c14-13(17)3-1-2-12(16)10-4-6-11(7-5-10)18-9-8-15/h4-7,15H,1-3,8-9H2,(H2,14,17). The zero-order valence-corrected chi connectivity index (χ0v) is 10.1. The lowest BCUT2D eigenvalue weighted by atomic mass is 10.1. The lowest BCUT2D eigenvalue weighted by Gasteiger charge is -2.05. The molecular formula is C13H17NO4. The van der Waals surface area contributed by atoms with Crippen molar-refractivity contribution in [3.05, 3.63) is 29.8 Å². The smallest absolute Gasteiger partial charge is 0.217 e. The summed E-state index contributed by atoms with van der Waals surface area (Å²) < 4.78 is 5.18. The molecule has 0 radical (unpaired) electrons. The molecule has 0 bridgehead atoms. The molecule has 3 N–H and O–H groups in total. The summed E-state index contributed by atoms with van der Waals surface area (Å²) in [6.45, 7) is 0.180. The Bertz CT molecular complexity index is 400. The zero-order chi connectivity index (χ0) is 13.4. The maximum atomic E-state index is 11.7. The van der Waals surface area contributed by atoms with E-state index in [1.807, 2.05) is 0 Å². The maximum Gasteiger partial charge on any atom is 0.217 e. The summed E-state index contributed by atoms with van der Waals surface area (Å²) >= 11 is 0. The molecule has 0 heterocycles. The van der Waals surface area contributed by atoms with Gasteiger partial charge in [0.1, 0.15) is 12.4 Å². The van der Waals surface area contributed by atoms with Crippen LogP contribution in [0.15, 0.2) is 24.3 Å². The van der Waals surface area contributed by atoms with Crippen LogP contribution in [0.25, 0.3) is 0 Å². The highest BCUT2D eigenvalue weighted by atomic mass is 16.5. The summed E-state index contributed by atoms with van der Waals surface area (Å²) in [5, 5.41) is 8.60. The number of carbonyl (C=O) groups excluding carboxylic acids is 2. The fourth-order valence-electron chi connectivity index (χ4n) is 1.47. The second-order valence-electron chi connectivity index (χ2n) is 3.84. The highest BCUT2D eigenvalue weighted by molar-refractivity contribution is 5.96. The topological polar surface area (TPSA) is 89.6 Å². The second-order valence-corrected chi connectivity index (χ2v) is 3.84. The Balaban J connectivity index is 2.46. The van der Waals surface area contributed by atoms with E-state index in [2.05, 4.69) is 0 Å². The van der Waals surface area contributed by atoms with Crippen molar-refractivity contribution in [3.8, 4) is 5.75 Å². The number of Topliss-reactive ketones (excluding diaryl/α,β-unsaturated/α-hetero) is 1. The molecule has 0 aromatic heterocycles. The fraction of sp³-hybridized carbons (Fsp3) is 0.385. The highest BCUT2D eigenvalue weighted by Gasteiger charge is 2.06. The van der Waals surface area contributed by atoms with E-state index in [0.717, 1.165) is 0 Å². The lowest BCUT2D eigenvalue weighted by Crippen LogP contribution is -2.10. The van der Waals surface area contributed by atoms with Crippen molar-refractivity contribution >= 4 is 11.7 Å². The van der Waals surface area contributed by atoms with Crippen molar-refractivity contribution in [2.24, 2.45) is 5.73 Å². The maximum absolute atomic E-state index is 11.7. The van der Waals surface area contributed by atoms with E-state index in [-0.39, 0.29) is 25.4 Å². The third-order valence-corrected chi connectivity index (χ3v) is 2.36. The summed E-state index contributed by atoms with van der Waals surface area (Å²) in [5.41, 5.74) is 5.58. The third-order valence-electron chi connectivity index (χ3n) is 2.36. The molecule has 1 aromatic rings. The van der Waals surface area contributed by atoms with Gasteiger partial charge in [-0.1, -0.05) is 0 Å². The number of carbonyl (C=O) groups is 2. The molecule has 0 spiro atoms. The average Bonchev–Trinajstić information content (AvgIpc) is 2.36. The molecule has 1 amide bonds. The molecule has 0 saturated heterocycles. The molecule has 1 aromatic carbocycles. The molecule has 5 heteroatoms. The van der Waals surface area contributed by atoms with Crippen molar-refractivity contribution in [2.45, 2.75) is 19.3 Å². The van der Waals surface area contributed by atoms with E-state index in [9.17, 15) is 9.59 Å². The Morgan fingerprint density at radius 3 is 2.39 bits per heavy atom. The summed E-state index contributed by atoms with van der Waals surface area (Å²) in [4.78, 5) is 22.3. The Hall–Kier alpha value is -1.88. The summed E-state index contributed by atoms with van der Waals surface area (Å²) in [7, 11) is 0. The summed E-state index contributed by atoms with van der Waals surface area (Å²) in [6.07, 6.45) is 1.00. The van der Waals surface area contributed by atoms with Gasteiger partial charge in [0.05, 0.1) is 6.61 Å². The third kappa shape index (κ3) is 4.97. The molecule has 98 valence electrons. The molecule has 0 atom stereocenters. The molecule has 1 rings (SSSR count). The highest BCUT2D eigenvalue weighted by Crippen LogP contribution is 2.14. The van der Waals surface area contributed by atoms with Gasteiger partial charge in [0.15, 0.2) is 5.78 Å². The molecule has 0 unspecified atom stereocenters. The SMILES string of the molecule is NC(=O)CCCC(=O)c1ccc(OCCO)cc1. The number of hydrogen-bond acceptors (Lipinski definition) is 4. The van der Waals surface area contributed by atoms with Crippen molar-refractivity contribution in [1.82, 2.24) is 0 Å². The molecule has 0 aliphatic carbocycles. The summed E-state index contributed by atoms with van der Waals surface area (Å²) in [5.74, 6) is 0.193. The zero-order valence-electron chi connectivity index (χ0n) is 10.1. The molecule has 5 nitrogen and oxygen atoms in total. The van der Waals surface area contributed by atoms with Gasteiger partial charge in [-0.25, -0.2) is 0 Å². The molecule has 0 saturated carbocycles. The fourth-order valence-corrected chi connectivity index (χ4v) is 1.47. The largest absolute Gasteiger partial charge is 0.491 e. The number of amides is 1.